The van der Waals surface area contributed by atoms with E-state index in [4.69, 9.17) is 9.47 Å². The van der Waals surface area contributed by atoms with Crippen molar-refractivity contribution in [3.05, 3.63) is 59.3 Å². The summed E-state index contributed by atoms with van der Waals surface area (Å²) in [5, 5.41) is 1.12. The van der Waals surface area contributed by atoms with Gasteiger partial charge in [-0.3, -0.25) is 9.59 Å². The molecule has 1 N–H and O–H groups in total. The fourth-order valence-corrected chi connectivity index (χ4v) is 6.42. The molecule has 7 rings (SSSR count). The lowest BCUT2D eigenvalue weighted by molar-refractivity contribution is -0.161. The zero-order valence-corrected chi connectivity index (χ0v) is 19.0. The fourth-order valence-electron chi connectivity index (χ4n) is 6.42. The van der Waals surface area contributed by atoms with E-state index in [1.165, 1.54) is 6.42 Å². The van der Waals surface area contributed by atoms with Gasteiger partial charge in [-0.15, -0.1) is 0 Å². The van der Waals surface area contributed by atoms with Crippen LogP contribution >= 0.6 is 0 Å². The van der Waals surface area contributed by atoms with E-state index in [9.17, 15) is 9.59 Å². The van der Waals surface area contributed by atoms with E-state index in [0.29, 0.717) is 17.9 Å². The van der Waals surface area contributed by atoms with Gasteiger partial charge in [0, 0.05) is 29.1 Å². The van der Waals surface area contributed by atoms with Crippen LogP contribution < -0.4 is 9.47 Å². The number of H-pyrrole nitrogens is 1. The maximum Gasteiger partial charge on any atom is 0.246 e. The van der Waals surface area contributed by atoms with Crippen LogP contribution in [0.25, 0.3) is 10.9 Å². The van der Waals surface area contributed by atoms with Crippen molar-refractivity contribution in [2.45, 2.75) is 56.7 Å². The van der Waals surface area contributed by atoms with E-state index in [1.54, 1.807) is 0 Å². The molecule has 3 aromatic rings. The van der Waals surface area contributed by atoms with Gasteiger partial charge in [0.15, 0.2) is 11.5 Å². The van der Waals surface area contributed by atoms with Crippen LogP contribution in [0.1, 0.15) is 55.0 Å². The summed E-state index contributed by atoms with van der Waals surface area (Å²) >= 11 is 0. The van der Waals surface area contributed by atoms with Gasteiger partial charge in [0.1, 0.15) is 12.6 Å². The normalized spacial score (nSPS) is 24.5. The average molecular weight is 458 g/mol. The predicted octanol–water partition coefficient (Wildman–Crippen LogP) is 3.91. The van der Waals surface area contributed by atoms with Crippen LogP contribution in [0.2, 0.25) is 0 Å². The maximum absolute atomic E-state index is 13.9. The Hall–Kier alpha value is -3.48. The number of nitrogens with zero attached hydrogens (tertiary/aromatic N) is 2. The van der Waals surface area contributed by atoms with Crippen molar-refractivity contribution in [2.75, 3.05) is 13.3 Å². The van der Waals surface area contributed by atoms with Crippen molar-refractivity contribution in [1.82, 2.24) is 14.8 Å². The number of hydrogen-bond donors (Lipinski definition) is 1. The molecule has 3 aliphatic heterocycles. The summed E-state index contributed by atoms with van der Waals surface area (Å²) in [6.45, 7) is 0.359. The zero-order chi connectivity index (χ0) is 22.8. The molecule has 1 saturated carbocycles. The number of carbonyl (C=O) groups is 2. The Morgan fingerprint density at radius 1 is 0.941 bits per heavy atom. The fraction of sp³-hybridized carbons (Fsp3) is 0.407. The largest absolute Gasteiger partial charge is 0.454 e. The molecule has 0 radical (unpaired) electrons. The number of para-hydroxylation sites is 1. The smallest absolute Gasteiger partial charge is 0.246 e. The highest BCUT2D eigenvalue weighted by Gasteiger charge is 2.49. The number of benzene rings is 2. The van der Waals surface area contributed by atoms with Gasteiger partial charge in [0.25, 0.3) is 0 Å². The molecule has 0 spiro atoms. The van der Waals surface area contributed by atoms with Crippen LogP contribution in [0.15, 0.2) is 42.5 Å². The topological polar surface area (TPSA) is 74.9 Å². The van der Waals surface area contributed by atoms with Gasteiger partial charge in [-0.2, -0.15) is 0 Å². The van der Waals surface area contributed by atoms with E-state index in [2.05, 4.69) is 17.1 Å². The first-order chi connectivity index (χ1) is 16.7. The molecule has 7 nitrogen and oxygen atoms in total. The number of aromatic amines is 1. The molecule has 2 aromatic carbocycles. The van der Waals surface area contributed by atoms with Crippen molar-refractivity contribution in [2.24, 2.45) is 0 Å². The van der Waals surface area contributed by atoms with Gasteiger partial charge in [-0.25, -0.2) is 0 Å². The van der Waals surface area contributed by atoms with E-state index >= 15 is 0 Å². The molecule has 174 valence electrons. The molecular weight excluding hydrogens is 430 g/mol. The van der Waals surface area contributed by atoms with Gasteiger partial charge >= 0.3 is 0 Å². The lowest BCUT2D eigenvalue weighted by Gasteiger charge is -2.49. The minimum atomic E-state index is -0.495. The molecule has 4 aliphatic rings. The molecule has 1 aliphatic carbocycles. The summed E-state index contributed by atoms with van der Waals surface area (Å²) in [6.07, 6.45) is 6.00. The first-order valence-electron chi connectivity index (χ1n) is 12.3. The monoisotopic (exact) mass is 457 g/mol. The quantitative estimate of drug-likeness (QED) is 0.633. The molecular formula is C27H27N3O4. The second kappa shape index (κ2) is 7.52. The van der Waals surface area contributed by atoms with Gasteiger partial charge in [-0.05, 0) is 42.2 Å². The molecule has 1 saturated heterocycles. The van der Waals surface area contributed by atoms with Crippen LogP contribution in [0.5, 0.6) is 11.5 Å². The molecule has 2 fully saturated rings. The molecule has 0 bridgehead atoms. The van der Waals surface area contributed by atoms with Crippen molar-refractivity contribution >= 4 is 22.7 Å². The van der Waals surface area contributed by atoms with E-state index in [1.807, 2.05) is 40.1 Å². The lowest BCUT2D eigenvalue weighted by Crippen LogP contribution is -2.65. The van der Waals surface area contributed by atoms with E-state index < -0.39 is 6.04 Å². The Kier molecular flexibility index (Phi) is 4.41. The SMILES string of the molecule is O=C1[C@H]2Cc3c([nH]c4ccccc34)[C@@H](c3ccc4c(c3)OCO4)N2C(=O)CN1C1CCCCC1. The van der Waals surface area contributed by atoms with E-state index in [0.717, 1.165) is 53.4 Å². The number of fused-ring (bicyclic) bond motifs is 5. The summed E-state index contributed by atoms with van der Waals surface area (Å²) in [4.78, 5) is 34.9. The molecule has 7 heteroatoms. The summed E-state index contributed by atoms with van der Waals surface area (Å²) in [7, 11) is 0. The van der Waals surface area contributed by atoms with Gasteiger partial charge < -0.3 is 24.3 Å². The maximum atomic E-state index is 13.9. The summed E-state index contributed by atoms with van der Waals surface area (Å²) in [6, 6.07) is 13.3. The second-order valence-electron chi connectivity index (χ2n) is 9.86. The molecule has 0 unspecified atom stereocenters. The van der Waals surface area contributed by atoms with Crippen molar-refractivity contribution in [3.8, 4) is 11.5 Å². The molecule has 2 amide bonds. The highest BCUT2D eigenvalue weighted by molar-refractivity contribution is 5.98. The summed E-state index contributed by atoms with van der Waals surface area (Å²) in [5.41, 5.74) is 4.07. The number of piperazine rings is 1. The van der Waals surface area contributed by atoms with Crippen molar-refractivity contribution in [1.29, 1.82) is 0 Å². The first kappa shape index (κ1) is 19.9. The molecule has 34 heavy (non-hydrogen) atoms. The van der Waals surface area contributed by atoms with Crippen molar-refractivity contribution < 1.29 is 19.1 Å². The Morgan fingerprint density at radius 3 is 2.65 bits per heavy atom. The highest BCUT2D eigenvalue weighted by Crippen LogP contribution is 2.45. The average Bonchev–Trinajstić information content (AvgIpc) is 3.49. The first-order valence-corrected chi connectivity index (χ1v) is 12.3. The number of rotatable bonds is 2. The van der Waals surface area contributed by atoms with Gasteiger partial charge in [0.2, 0.25) is 18.6 Å². The van der Waals surface area contributed by atoms with Crippen LogP contribution in [0, 0.1) is 0 Å². The number of ether oxygens (including phenoxy) is 2. The number of carbonyl (C=O) groups excluding carboxylic acids is 2. The number of aromatic nitrogens is 1. The Morgan fingerprint density at radius 2 is 1.76 bits per heavy atom. The molecule has 2 atom stereocenters. The number of amides is 2. The Labute approximate surface area is 197 Å². The predicted molar refractivity (Wildman–Crippen MR) is 126 cm³/mol. The number of hydrogen-bond acceptors (Lipinski definition) is 4. The van der Waals surface area contributed by atoms with Crippen LogP contribution in [-0.4, -0.2) is 52.0 Å². The summed E-state index contributed by atoms with van der Waals surface area (Å²) in [5.74, 6) is 1.49. The van der Waals surface area contributed by atoms with Gasteiger partial charge in [-0.1, -0.05) is 43.5 Å². The van der Waals surface area contributed by atoms with E-state index in [-0.39, 0.29) is 37.2 Å². The molecule has 4 heterocycles. The zero-order valence-electron chi connectivity index (χ0n) is 19.0. The Balaban J connectivity index is 1.37. The third-order valence-corrected chi connectivity index (χ3v) is 8.02. The van der Waals surface area contributed by atoms with Gasteiger partial charge in [0.05, 0.1) is 6.04 Å². The Bertz CT molecular complexity index is 1310. The van der Waals surface area contributed by atoms with Crippen LogP contribution in [0.4, 0.5) is 0 Å². The minimum absolute atomic E-state index is 0.0159. The van der Waals surface area contributed by atoms with Crippen LogP contribution in [-0.2, 0) is 16.0 Å². The minimum Gasteiger partial charge on any atom is -0.454 e. The van der Waals surface area contributed by atoms with Crippen LogP contribution in [0.3, 0.4) is 0 Å². The molecule has 1 aromatic heterocycles. The standard InChI is InChI=1S/C27H27N3O4/c31-24-14-29(17-6-2-1-3-7-17)27(32)21-13-19-18-8-4-5-9-20(18)28-25(19)26(30(21)24)16-10-11-22-23(12-16)34-15-33-22/h4-5,8-12,17,21,26,28H,1-3,6-7,13-15H2/t21-,26-/m1/s1. The third-order valence-electron chi connectivity index (χ3n) is 8.02. The second-order valence-corrected chi connectivity index (χ2v) is 9.86. The highest BCUT2D eigenvalue weighted by atomic mass is 16.7. The summed E-state index contributed by atoms with van der Waals surface area (Å²) < 4.78 is 11.2. The van der Waals surface area contributed by atoms with Crippen molar-refractivity contribution in [3.63, 3.8) is 0 Å². The number of nitrogens with one attached hydrogen (secondary N) is 1. The third kappa shape index (κ3) is 2.89. The lowest BCUT2D eigenvalue weighted by atomic mass is 9.85.